The number of aromatic nitrogens is 3. The minimum absolute atomic E-state index is 0.0822. The van der Waals surface area contributed by atoms with E-state index in [1.807, 2.05) is 0 Å². The van der Waals surface area contributed by atoms with Crippen LogP contribution in [0.2, 0.25) is 0 Å². The van der Waals surface area contributed by atoms with Crippen LogP contribution in [0, 0.1) is 0 Å². The molecule has 0 fully saturated rings. The average molecular weight is 354 g/mol. The van der Waals surface area contributed by atoms with Crippen molar-refractivity contribution in [2.75, 3.05) is 16.6 Å². The number of hydrogen-bond acceptors (Lipinski definition) is 9. The smallest absolute Gasteiger partial charge is 0.305 e. The average Bonchev–Trinajstić information content (AvgIpc) is 3.21. The molecule has 0 unspecified atom stereocenters. The second-order valence-electron chi connectivity index (χ2n) is 4.86. The lowest BCUT2D eigenvalue weighted by Gasteiger charge is -2.13. The summed E-state index contributed by atoms with van der Waals surface area (Å²) in [5, 5.41) is 0. The second kappa shape index (κ2) is 7.61. The maximum absolute atomic E-state index is 12.0. The van der Waals surface area contributed by atoms with Crippen LogP contribution in [0.3, 0.4) is 0 Å². The lowest BCUT2D eigenvalue weighted by Crippen LogP contribution is -2.32. The van der Waals surface area contributed by atoms with Gasteiger partial charge in [0.1, 0.15) is 12.0 Å². The van der Waals surface area contributed by atoms with Crippen molar-refractivity contribution in [1.29, 1.82) is 0 Å². The van der Waals surface area contributed by atoms with Gasteiger partial charge in [-0.25, -0.2) is 9.97 Å². The van der Waals surface area contributed by atoms with E-state index in [0.717, 1.165) is 0 Å². The highest BCUT2D eigenvalue weighted by Crippen LogP contribution is 2.21. The second-order valence-corrected chi connectivity index (χ2v) is 4.86. The van der Waals surface area contributed by atoms with Crippen LogP contribution in [0.25, 0.3) is 0 Å². The maximum Gasteiger partial charge on any atom is 0.305 e. The van der Waals surface area contributed by atoms with E-state index in [2.05, 4.69) is 36.7 Å². The predicted octanol–water partition coefficient (Wildman–Crippen LogP) is 0.561. The fourth-order valence-electron chi connectivity index (χ4n) is 1.87. The molecule has 0 aliphatic rings. The molecule has 6 N–H and O–H groups in total. The maximum atomic E-state index is 12.0. The molecule has 3 aromatic rings. The topological polar surface area (TPSA) is 160 Å². The van der Waals surface area contributed by atoms with Crippen LogP contribution in [0.15, 0.2) is 53.7 Å². The Hall–Kier alpha value is -4.15. The van der Waals surface area contributed by atoms with Crippen molar-refractivity contribution in [3.05, 3.63) is 60.6 Å². The first-order valence-corrected chi connectivity index (χ1v) is 7.32. The molecule has 0 aromatic carbocycles. The molecular formula is C15H14N8O3. The number of furan rings is 1. The summed E-state index contributed by atoms with van der Waals surface area (Å²) in [7, 11) is 0. The standard InChI is InChI=1S/C15H14N8O3/c16-11-12(20-22-14(24)9-3-1-5-17-7-9)18-8-19-13(11)21-23-15(25)10-4-2-6-26-10/h1-8H,16H2,(H,22,24)(H,23,25)(H2,18,19,20,21). The molecule has 2 amide bonds. The number of hydrogen-bond donors (Lipinski definition) is 5. The van der Waals surface area contributed by atoms with Crippen LogP contribution < -0.4 is 27.4 Å². The van der Waals surface area contributed by atoms with Gasteiger partial charge in [-0.15, -0.1) is 0 Å². The van der Waals surface area contributed by atoms with Crippen molar-refractivity contribution in [2.24, 2.45) is 0 Å². The number of hydrazine groups is 2. The molecule has 11 nitrogen and oxygen atoms in total. The number of rotatable bonds is 6. The van der Waals surface area contributed by atoms with Gasteiger partial charge < -0.3 is 10.2 Å². The van der Waals surface area contributed by atoms with Crippen molar-refractivity contribution < 1.29 is 14.0 Å². The van der Waals surface area contributed by atoms with Gasteiger partial charge in [0, 0.05) is 12.4 Å². The Kier molecular flexibility index (Phi) is 4.89. The molecule has 0 aliphatic carbocycles. The molecular weight excluding hydrogens is 340 g/mol. The normalized spacial score (nSPS) is 10.0. The zero-order valence-corrected chi connectivity index (χ0v) is 13.3. The Morgan fingerprint density at radius 2 is 1.73 bits per heavy atom. The first-order valence-electron chi connectivity index (χ1n) is 7.32. The number of nitrogens with zero attached hydrogens (tertiary/aromatic N) is 3. The van der Waals surface area contributed by atoms with Crippen LogP contribution in [0.5, 0.6) is 0 Å². The van der Waals surface area contributed by atoms with Crippen LogP contribution in [-0.4, -0.2) is 26.8 Å². The highest BCUT2D eigenvalue weighted by atomic mass is 16.3. The van der Waals surface area contributed by atoms with Crippen LogP contribution >= 0.6 is 0 Å². The molecule has 26 heavy (non-hydrogen) atoms. The number of nitrogens with one attached hydrogen (secondary N) is 4. The summed E-state index contributed by atoms with van der Waals surface area (Å²) in [6.45, 7) is 0. The van der Waals surface area contributed by atoms with Gasteiger partial charge in [0.2, 0.25) is 0 Å². The lowest BCUT2D eigenvalue weighted by molar-refractivity contribution is 0.0933. The molecule has 3 aromatic heterocycles. The van der Waals surface area contributed by atoms with Gasteiger partial charge in [-0.3, -0.25) is 36.3 Å². The molecule has 3 rings (SSSR count). The Morgan fingerprint density at radius 3 is 2.35 bits per heavy atom. The molecule has 3 heterocycles. The van der Waals surface area contributed by atoms with Gasteiger partial charge in [-0.05, 0) is 24.3 Å². The number of amides is 2. The van der Waals surface area contributed by atoms with Gasteiger partial charge >= 0.3 is 5.91 Å². The minimum Gasteiger partial charge on any atom is -0.459 e. The summed E-state index contributed by atoms with van der Waals surface area (Å²) in [6.07, 6.45) is 5.55. The van der Waals surface area contributed by atoms with Crippen LogP contribution in [-0.2, 0) is 0 Å². The predicted molar refractivity (Wildman–Crippen MR) is 91.6 cm³/mol. The monoisotopic (exact) mass is 354 g/mol. The zero-order chi connectivity index (χ0) is 18.4. The Labute approximate surface area is 147 Å². The van der Waals surface area contributed by atoms with Crippen LogP contribution in [0.1, 0.15) is 20.9 Å². The van der Waals surface area contributed by atoms with Crippen molar-refractivity contribution in [2.45, 2.75) is 0 Å². The largest absolute Gasteiger partial charge is 0.459 e. The van der Waals surface area contributed by atoms with E-state index in [9.17, 15) is 9.59 Å². The molecule has 11 heteroatoms. The Bertz CT molecular complexity index is 899. The third kappa shape index (κ3) is 3.84. The van der Waals surface area contributed by atoms with E-state index in [1.54, 1.807) is 24.4 Å². The number of anilines is 3. The molecule has 0 bridgehead atoms. The highest BCUT2D eigenvalue weighted by Gasteiger charge is 2.12. The van der Waals surface area contributed by atoms with Gasteiger partial charge in [0.15, 0.2) is 17.4 Å². The molecule has 0 radical (unpaired) electrons. The SMILES string of the molecule is Nc1c(NNC(=O)c2cccnc2)ncnc1NNC(=O)c1ccco1. The quantitative estimate of drug-likeness (QED) is 0.398. The van der Waals surface area contributed by atoms with E-state index >= 15 is 0 Å². The van der Waals surface area contributed by atoms with Crippen molar-refractivity contribution >= 4 is 29.1 Å². The Balaban J connectivity index is 1.62. The molecule has 0 aliphatic heterocycles. The fourth-order valence-corrected chi connectivity index (χ4v) is 1.87. The number of carbonyl (C=O) groups excluding carboxylic acids is 2. The van der Waals surface area contributed by atoms with Crippen molar-refractivity contribution in [3.8, 4) is 0 Å². The molecule has 132 valence electrons. The van der Waals surface area contributed by atoms with Crippen molar-refractivity contribution in [3.63, 3.8) is 0 Å². The number of nitrogen functional groups attached to an aromatic ring is 1. The highest BCUT2D eigenvalue weighted by molar-refractivity contribution is 5.95. The third-order valence-corrected chi connectivity index (χ3v) is 3.14. The minimum atomic E-state index is -0.507. The molecule has 0 spiro atoms. The summed E-state index contributed by atoms with van der Waals surface area (Å²) in [5.74, 6) is -0.527. The Morgan fingerprint density at radius 1 is 1.00 bits per heavy atom. The van der Waals surface area contributed by atoms with Gasteiger partial charge in [0.25, 0.3) is 5.91 Å². The van der Waals surface area contributed by atoms with Crippen molar-refractivity contribution in [1.82, 2.24) is 25.8 Å². The first kappa shape index (κ1) is 16.7. The van der Waals surface area contributed by atoms with E-state index in [1.165, 1.54) is 24.9 Å². The summed E-state index contributed by atoms with van der Waals surface area (Å²) in [6, 6.07) is 6.32. The van der Waals surface area contributed by atoms with E-state index in [4.69, 9.17) is 10.2 Å². The van der Waals surface area contributed by atoms with Gasteiger partial charge in [0.05, 0.1) is 11.8 Å². The number of pyridine rings is 1. The third-order valence-electron chi connectivity index (χ3n) is 3.14. The summed E-state index contributed by atoms with van der Waals surface area (Å²) >= 11 is 0. The fraction of sp³-hybridized carbons (Fsp3) is 0. The van der Waals surface area contributed by atoms with Gasteiger partial charge in [-0.1, -0.05) is 0 Å². The number of nitrogens with two attached hydrogens (primary N) is 1. The molecule has 0 saturated carbocycles. The summed E-state index contributed by atoms with van der Waals surface area (Å²) in [5.41, 5.74) is 16.3. The summed E-state index contributed by atoms with van der Waals surface area (Å²) in [4.78, 5) is 35.5. The lowest BCUT2D eigenvalue weighted by atomic mass is 10.3. The summed E-state index contributed by atoms with van der Waals surface area (Å²) < 4.78 is 4.96. The molecule has 0 atom stereocenters. The molecule has 0 saturated heterocycles. The van der Waals surface area contributed by atoms with Gasteiger partial charge in [-0.2, -0.15) is 0 Å². The van der Waals surface area contributed by atoms with E-state index in [-0.39, 0.29) is 23.1 Å². The van der Waals surface area contributed by atoms with E-state index < -0.39 is 11.8 Å². The first-order chi connectivity index (χ1) is 12.6. The number of carbonyl (C=O) groups is 2. The van der Waals surface area contributed by atoms with Crippen LogP contribution in [0.4, 0.5) is 17.3 Å². The van der Waals surface area contributed by atoms with E-state index in [0.29, 0.717) is 5.56 Å². The zero-order valence-electron chi connectivity index (χ0n) is 13.3.